The summed E-state index contributed by atoms with van der Waals surface area (Å²) < 4.78 is 4.99. The highest BCUT2D eigenvalue weighted by Crippen LogP contribution is 2.14. The summed E-state index contributed by atoms with van der Waals surface area (Å²) in [6.45, 7) is 1.43. The minimum Gasteiger partial charge on any atom is -0.497 e. The van der Waals surface area contributed by atoms with Crippen LogP contribution < -0.4 is 10.2 Å². The number of rotatable bonds is 6. The van der Waals surface area contributed by atoms with E-state index in [4.69, 9.17) is 9.57 Å². The minimum atomic E-state index is -0.462. The monoisotopic (exact) mass is 237 g/mol. The van der Waals surface area contributed by atoms with E-state index in [0.29, 0.717) is 5.69 Å². The van der Waals surface area contributed by atoms with Gasteiger partial charge in [0, 0.05) is 6.42 Å². The molecule has 0 atom stereocenters. The molecular formula is C12H15NO4. The number of carbonyl (C=O) groups is 2. The Morgan fingerprint density at radius 3 is 2.35 bits per heavy atom. The number of benzene rings is 1. The summed E-state index contributed by atoms with van der Waals surface area (Å²) in [5.41, 5.74) is 3.14. The summed E-state index contributed by atoms with van der Waals surface area (Å²) in [5.74, 6) is 0.223. The topological polar surface area (TPSA) is 64.6 Å². The lowest BCUT2D eigenvalue weighted by Crippen LogP contribution is -2.11. The molecular weight excluding hydrogens is 222 g/mol. The van der Waals surface area contributed by atoms with Gasteiger partial charge < -0.3 is 14.4 Å². The number of hydrogen-bond acceptors (Lipinski definition) is 5. The van der Waals surface area contributed by atoms with E-state index in [1.807, 2.05) is 0 Å². The molecule has 0 aromatic heterocycles. The standard InChI is InChI=1S/C12H15NO4/c1-9(14)3-8-12(15)17-13-10-4-6-11(16-2)7-5-10/h4-7,13H,3,8H2,1-2H3. The SMILES string of the molecule is COc1ccc(NOC(=O)CCC(C)=O)cc1. The molecule has 0 saturated heterocycles. The number of ether oxygens (including phenoxy) is 1. The summed E-state index contributed by atoms with van der Waals surface area (Å²) in [4.78, 5) is 26.6. The predicted molar refractivity (Wildman–Crippen MR) is 62.6 cm³/mol. The van der Waals surface area contributed by atoms with E-state index >= 15 is 0 Å². The first-order valence-corrected chi connectivity index (χ1v) is 5.21. The van der Waals surface area contributed by atoms with Gasteiger partial charge in [0.2, 0.25) is 0 Å². The molecule has 0 aliphatic heterocycles. The zero-order valence-electron chi connectivity index (χ0n) is 9.86. The van der Waals surface area contributed by atoms with Crippen molar-refractivity contribution in [3.63, 3.8) is 0 Å². The molecule has 0 aliphatic carbocycles. The molecule has 0 amide bonds. The van der Waals surface area contributed by atoms with E-state index < -0.39 is 5.97 Å². The average Bonchev–Trinajstić information content (AvgIpc) is 2.34. The molecule has 5 nitrogen and oxygen atoms in total. The molecule has 0 heterocycles. The van der Waals surface area contributed by atoms with Crippen molar-refractivity contribution in [1.29, 1.82) is 0 Å². The van der Waals surface area contributed by atoms with E-state index in [1.165, 1.54) is 6.92 Å². The Balaban J connectivity index is 2.34. The number of methoxy groups -OCH3 is 1. The van der Waals surface area contributed by atoms with E-state index in [1.54, 1.807) is 31.4 Å². The lowest BCUT2D eigenvalue weighted by atomic mass is 10.2. The fourth-order valence-corrected chi connectivity index (χ4v) is 1.10. The molecule has 1 rings (SSSR count). The second-order valence-corrected chi connectivity index (χ2v) is 3.51. The summed E-state index contributed by atoms with van der Waals surface area (Å²) >= 11 is 0. The fourth-order valence-electron chi connectivity index (χ4n) is 1.10. The Labute approximate surface area is 99.7 Å². The summed E-state index contributed by atoms with van der Waals surface area (Å²) in [6, 6.07) is 6.92. The van der Waals surface area contributed by atoms with Crippen molar-refractivity contribution in [1.82, 2.24) is 0 Å². The van der Waals surface area contributed by atoms with Gasteiger partial charge in [-0.1, -0.05) is 0 Å². The Morgan fingerprint density at radius 1 is 1.18 bits per heavy atom. The van der Waals surface area contributed by atoms with Crippen molar-refractivity contribution in [2.75, 3.05) is 12.6 Å². The first-order chi connectivity index (χ1) is 8.11. The van der Waals surface area contributed by atoms with Crippen LogP contribution in [-0.2, 0) is 14.4 Å². The molecule has 1 aromatic rings. The van der Waals surface area contributed by atoms with Gasteiger partial charge in [0.15, 0.2) is 0 Å². The van der Waals surface area contributed by atoms with Crippen molar-refractivity contribution in [3.05, 3.63) is 24.3 Å². The van der Waals surface area contributed by atoms with Crippen molar-refractivity contribution >= 4 is 17.4 Å². The Bertz CT molecular complexity index is 386. The highest BCUT2D eigenvalue weighted by molar-refractivity contribution is 5.81. The number of anilines is 1. The van der Waals surface area contributed by atoms with Crippen LogP contribution in [0.1, 0.15) is 19.8 Å². The molecule has 0 radical (unpaired) electrons. The molecule has 1 N–H and O–H groups in total. The quantitative estimate of drug-likeness (QED) is 0.766. The zero-order chi connectivity index (χ0) is 12.7. The van der Waals surface area contributed by atoms with Crippen LogP contribution in [0.2, 0.25) is 0 Å². The Kier molecular flexibility index (Phi) is 5.00. The molecule has 0 unspecified atom stereocenters. The maximum atomic E-state index is 11.2. The second-order valence-electron chi connectivity index (χ2n) is 3.51. The van der Waals surface area contributed by atoms with Gasteiger partial charge >= 0.3 is 5.97 Å². The van der Waals surface area contributed by atoms with Crippen molar-refractivity contribution in [2.45, 2.75) is 19.8 Å². The Morgan fingerprint density at radius 2 is 1.82 bits per heavy atom. The summed E-state index contributed by atoms with van der Waals surface area (Å²) in [7, 11) is 1.57. The first-order valence-electron chi connectivity index (χ1n) is 5.21. The Hall–Kier alpha value is -2.04. The number of Topliss-reactive ketones (excluding diaryl/α,β-unsaturated/α-hetero) is 1. The fraction of sp³-hybridized carbons (Fsp3) is 0.333. The maximum Gasteiger partial charge on any atom is 0.332 e. The molecule has 0 saturated carbocycles. The predicted octanol–water partition coefficient (Wildman–Crippen LogP) is 1.93. The molecule has 0 spiro atoms. The molecule has 17 heavy (non-hydrogen) atoms. The molecule has 92 valence electrons. The number of nitrogens with one attached hydrogen (secondary N) is 1. The minimum absolute atomic E-state index is 0.0357. The summed E-state index contributed by atoms with van der Waals surface area (Å²) in [5, 5.41) is 0. The lowest BCUT2D eigenvalue weighted by molar-refractivity contribution is -0.141. The van der Waals surface area contributed by atoms with Crippen molar-refractivity contribution in [3.8, 4) is 5.75 Å². The van der Waals surface area contributed by atoms with Crippen LogP contribution >= 0.6 is 0 Å². The van der Waals surface area contributed by atoms with Crippen LogP contribution in [0.3, 0.4) is 0 Å². The molecule has 0 fully saturated rings. The first kappa shape index (κ1) is 13.0. The third-order valence-corrected chi connectivity index (χ3v) is 2.05. The van der Waals surface area contributed by atoms with Gasteiger partial charge in [0.25, 0.3) is 0 Å². The third kappa shape index (κ3) is 5.01. The molecule has 0 bridgehead atoms. The zero-order valence-corrected chi connectivity index (χ0v) is 9.86. The van der Waals surface area contributed by atoms with Crippen LogP contribution in [-0.4, -0.2) is 18.9 Å². The molecule has 1 aromatic carbocycles. The number of ketones is 1. The highest BCUT2D eigenvalue weighted by atomic mass is 16.7. The van der Waals surface area contributed by atoms with Crippen molar-refractivity contribution < 1.29 is 19.2 Å². The molecule has 5 heteroatoms. The van der Waals surface area contributed by atoms with Crippen molar-refractivity contribution in [2.24, 2.45) is 0 Å². The van der Waals surface area contributed by atoms with Gasteiger partial charge in [0.1, 0.15) is 11.5 Å². The van der Waals surface area contributed by atoms with Crippen LogP contribution in [0.5, 0.6) is 5.75 Å². The van der Waals surface area contributed by atoms with Gasteiger partial charge in [-0.3, -0.25) is 0 Å². The van der Waals surface area contributed by atoms with Crippen LogP contribution in [0, 0.1) is 0 Å². The normalized spacial score (nSPS) is 9.53. The number of hydrogen-bond donors (Lipinski definition) is 1. The van der Waals surface area contributed by atoms with Crippen LogP contribution in [0.25, 0.3) is 0 Å². The van der Waals surface area contributed by atoms with Crippen LogP contribution in [0.4, 0.5) is 5.69 Å². The summed E-state index contributed by atoms with van der Waals surface area (Å²) in [6.07, 6.45) is 0.279. The molecule has 0 aliphatic rings. The van der Waals surface area contributed by atoms with Gasteiger partial charge in [-0.25, -0.2) is 10.3 Å². The largest absolute Gasteiger partial charge is 0.497 e. The smallest absolute Gasteiger partial charge is 0.332 e. The maximum absolute atomic E-state index is 11.2. The van der Waals surface area contributed by atoms with E-state index in [-0.39, 0.29) is 18.6 Å². The van der Waals surface area contributed by atoms with Gasteiger partial charge in [0.05, 0.1) is 19.2 Å². The average molecular weight is 237 g/mol. The highest BCUT2D eigenvalue weighted by Gasteiger charge is 2.05. The van der Waals surface area contributed by atoms with Gasteiger partial charge in [-0.2, -0.15) is 0 Å². The van der Waals surface area contributed by atoms with E-state index in [2.05, 4.69) is 5.48 Å². The number of carbonyl (C=O) groups excluding carboxylic acids is 2. The third-order valence-electron chi connectivity index (χ3n) is 2.05. The second kappa shape index (κ2) is 6.52. The lowest BCUT2D eigenvalue weighted by Gasteiger charge is -2.06. The van der Waals surface area contributed by atoms with Gasteiger partial charge in [-0.05, 0) is 31.2 Å². The van der Waals surface area contributed by atoms with E-state index in [0.717, 1.165) is 5.75 Å². The van der Waals surface area contributed by atoms with Crippen LogP contribution in [0.15, 0.2) is 24.3 Å². The van der Waals surface area contributed by atoms with Gasteiger partial charge in [-0.15, -0.1) is 0 Å². The van der Waals surface area contributed by atoms with E-state index in [9.17, 15) is 9.59 Å².